The molecule has 1 aromatic rings. The third kappa shape index (κ3) is 2.05. The van der Waals surface area contributed by atoms with Gasteiger partial charge in [-0.3, -0.25) is 0 Å². The van der Waals surface area contributed by atoms with Gasteiger partial charge in [0.25, 0.3) is 0 Å². The molecule has 2 atom stereocenters. The molecule has 0 bridgehead atoms. The summed E-state index contributed by atoms with van der Waals surface area (Å²) < 4.78 is 5.66. The standard InChI is InChI=1S/C11H15NO2/c1-8-3-2-4-9(5-8)14-11-7-12-6-10(11)13/h2-5,10-13H,6-7H2,1H3. The SMILES string of the molecule is Cc1cccc(OC2CNCC2O)c1. The van der Waals surface area contributed by atoms with Crippen LogP contribution in [0, 0.1) is 6.92 Å². The first-order valence-corrected chi connectivity index (χ1v) is 4.88. The lowest BCUT2D eigenvalue weighted by molar-refractivity contribution is 0.0737. The maximum Gasteiger partial charge on any atom is 0.138 e. The van der Waals surface area contributed by atoms with Gasteiger partial charge in [0.05, 0.1) is 0 Å². The zero-order valence-electron chi connectivity index (χ0n) is 8.23. The molecule has 76 valence electrons. The van der Waals surface area contributed by atoms with E-state index < -0.39 is 6.10 Å². The molecule has 0 amide bonds. The summed E-state index contributed by atoms with van der Waals surface area (Å²) in [6.07, 6.45) is -0.507. The highest BCUT2D eigenvalue weighted by atomic mass is 16.5. The van der Waals surface area contributed by atoms with Crippen LogP contribution < -0.4 is 10.1 Å². The number of benzene rings is 1. The smallest absolute Gasteiger partial charge is 0.138 e. The van der Waals surface area contributed by atoms with E-state index in [2.05, 4.69) is 5.32 Å². The molecule has 0 saturated carbocycles. The second-order valence-electron chi connectivity index (χ2n) is 3.70. The molecule has 14 heavy (non-hydrogen) atoms. The molecule has 0 aliphatic carbocycles. The van der Waals surface area contributed by atoms with Gasteiger partial charge in [0.1, 0.15) is 18.0 Å². The molecule has 2 N–H and O–H groups in total. The monoisotopic (exact) mass is 193 g/mol. The molecule has 3 heteroatoms. The summed E-state index contributed by atoms with van der Waals surface area (Å²) in [5, 5.41) is 12.6. The zero-order valence-corrected chi connectivity index (χ0v) is 8.23. The number of β-amino-alcohol motifs (C(OH)–C–C–N with tert-alkyl or cyclic N) is 1. The minimum atomic E-state index is -0.393. The Hall–Kier alpha value is -1.06. The molecule has 0 spiro atoms. The molecule has 3 nitrogen and oxygen atoms in total. The minimum Gasteiger partial charge on any atom is -0.486 e. The van der Waals surface area contributed by atoms with E-state index >= 15 is 0 Å². The van der Waals surface area contributed by atoms with Gasteiger partial charge in [-0.05, 0) is 24.6 Å². The van der Waals surface area contributed by atoms with Gasteiger partial charge in [0.2, 0.25) is 0 Å². The van der Waals surface area contributed by atoms with Crippen molar-refractivity contribution in [3.63, 3.8) is 0 Å². The van der Waals surface area contributed by atoms with Crippen molar-refractivity contribution in [2.45, 2.75) is 19.1 Å². The highest BCUT2D eigenvalue weighted by Crippen LogP contribution is 2.16. The Labute approximate surface area is 83.7 Å². The fourth-order valence-electron chi connectivity index (χ4n) is 1.62. The van der Waals surface area contributed by atoms with Crippen LogP contribution in [0.4, 0.5) is 0 Å². The number of hydrogen-bond acceptors (Lipinski definition) is 3. The summed E-state index contributed by atoms with van der Waals surface area (Å²) in [4.78, 5) is 0. The summed E-state index contributed by atoms with van der Waals surface area (Å²) in [5.41, 5.74) is 1.17. The van der Waals surface area contributed by atoms with Crippen LogP contribution in [-0.2, 0) is 0 Å². The van der Waals surface area contributed by atoms with E-state index in [0.29, 0.717) is 6.54 Å². The van der Waals surface area contributed by atoms with Crippen molar-refractivity contribution in [3.8, 4) is 5.75 Å². The van der Waals surface area contributed by atoms with Crippen LogP contribution >= 0.6 is 0 Å². The predicted molar refractivity (Wildman–Crippen MR) is 54.5 cm³/mol. The second-order valence-corrected chi connectivity index (χ2v) is 3.70. The number of ether oxygens (including phenoxy) is 1. The second kappa shape index (κ2) is 3.98. The number of aliphatic hydroxyl groups is 1. The summed E-state index contributed by atoms with van der Waals surface area (Å²) >= 11 is 0. The molecule has 1 heterocycles. The van der Waals surface area contributed by atoms with Gasteiger partial charge in [-0.15, -0.1) is 0 Å². The summed E-state index contributed by atoms with van der Waals surface area (Å²) in [7, 11) is 0. The van der Waals surface area contributed by atoms with E-state index in [0.717, 1.165) is 12.3 Å². The third-order valence-corrected chi connectivity index (χ3v) is 2.41. The van der Waals surface area contributed by atoms with Crippen LogP contribution in [0.5, 0.6) is 5.75 Å². The van der Waals surface area contributed by atoms with Gasteiger partial charge in [-0.25, -0.2) is 0 Å². The Bertz CT molecular complexity index is 314. The van der Waals surface area contributed by atoms with E-state index in [1.54, 1.807) is 0 Å². The van der Waals surface area contributed by atoms with Crippen molar-refractivity contribution in [2.75, 3.05) is 13.1 Å². The van der Waals surface area contributed by atoms with Gasteiger partial charge in [-0.2, -0.15) is 0 Å². The highest BCUT2D eigenvalue weighted by Gasteiger charge is 2.26. The van der Waals surface area contributed by atoms with Gasteiger partial charge in [0, 0.05) is 13.1 Å². The zero-order chi connectivity index (χ0) is 9.97. The van der Waals surface area contributed by atoms with Crippen molar-refractivity contribution < 1.29 is 9.84 Å². The first-order chi connectivity index (χ1) is 6.75. The quantitative estimate of drug-likeness (QED) is 0.726. The molecule has 0 radical (unpaired) electrons. The van der Waals surface area contributed by atoms with Gasteiger partial charge >= 0.3 is 0 Å². The van der Waals surface area contributed by atoms with E-state index in [4.69, 9.17) is 4.74 Å². The number of rotatable bonds is 2. The molecule has 1 aliphatic rings. The van der Waals surface area contributed by atoms with Gasteiger partial charge < -0.3 is 15.2 Å². The largest absolute Gasteiger partial charge is 0.486 e. The highest BCUT2D eigenvalue weighted by molar-refractivity contribution is 5.27. The Morgan fingerprint density at radius 2 is 2.29 bits per heavy atom. The molecule has 1 saturated heterocycles. The first kappa shape index (κ1) is 9.49. The summed E-state index contributed by atoms with van der Waals surface area (Å²) in [5.74, 6) is 0.831. The number of hydrogen-bond donors (Lipinski definition) is 2. The number of nitrogens with one attached hydrogen (secondary N) is 1. The Kier molecular flexibility index (Phi) is 2.70. The average molecular weight is 193 g/mol. The van der Waals surface area contributed by atoms with Crippen LogP contribution in [0.25, 0.3) is 0 Å². The Morgan fingerprint density at radius 3 is 2.93 bits per heavy atom. The van der Waals surface area contributed by atoms with Crippen LogP contribution in [0.1, 0.15) is 5.56 Å². The van der Waals surface area contributed by atoms with Crippen molar-refractivity contribution >= 4 is 0 Å². The molecule has 1 aromatic carbocycles. The minimum absolute atomic E-state index is 0.114. The number of aliphatic hydroxyl groups excluding tert-OH is 1. The first-order valence-electron chi connectivity index (χ1n) is 4.88. The van der Waals surface area contributed by atoms with Crippen LogP contribution in [-0.4, -0.2) is 30.4 Å². The lowest BCUT2D eigenvalue weighted by Crippen LogP contribution is -2.29. The van der Waals surface area contributed by atoms with E-state index in [-0.39, 0.29) is 6.10 Å². The summed E-state index contributed by atoms with van der Waals surface area (Å²) in [6, 6.07) is 7.87. The number of aryl methyl sites for hydroxylation is 1. The van der Waals surface area contributed by atoms with E-state index in [1.165, 1.54) is 5.56 Å². The third-order valence-electron chi connectivity index (χ3n) is 2.41. The maximum atomic E-state index is 9.53. The lowest BCUT2D eigenvalue weighted by Gasteiger charge is -2.16. The van der Waals surface area contributed by atoms with Gasteiger partial charge in [0.15, 0.2) is 0 Å². The maximum absolute atomic E-state index is 9.53. The lowest BCUT2D eigenvalue weighted by atomic mass is 10.2. The van der Waals surface area contributed by atoms with Crippen LogP contribution in [0.15, 0.2) is 24.3 Å². The molecular formula is C11H15NO2. The van der Waals surface area contributed by atoms with Crippen LogP contribution in [0.2, 0.25) is 0 Å². The Morgan fingerprint density at radius 1 is 1.43 bits per heavy atom. The fourth-order valence-corrected chi connectivity index (χ4v) is 1.62. The van der Waals surface area contributed by atoms with Crippen molar-refractivity contribution in [2.24, 2.45) is 0 Å². The van der Waals surface area contributed by atoms with Crippen molar-refractivity contribution in [3.05, 3.63) is 29.8 Å². The van der Waals surface area contributed by atoms with E-state index in [9.17, 15) is 5.11 Å². The van der Waals surface area contributed by atoms with Crippen LogP contribution in [0.3, 0.4) is 0 Å². The normalized spacial score (nSPS) is 26.4. The Balaban J connectivity index is 2.03. The van der Waals surface area contributed by atoms with E-state index in [1.807, 2.05) is 31.2 Å². The molecule has 2 rings (SSSR count). The summed E-state index contributed by atoms with van der Waals surface area (Å²) in [6.45, 7) is 3.36. The molecule has 0 aromatic heterocycles. The predicted octanol–water partition coefficient (Wildman–Crippen LogP) is 0.707. The van der Waals surface area contributed by atoms with Gasteiger partial charge in [-0.1, -0.05) is 12.1 Å². The average Bonchev–Trinajstić information content (AvgIpc) is 2.52. The molecular weight excluding hydrogens is 178 g/mol. The fraction of sp³-hybridized carbons (Fsp3) is 0.455. The topological polar surface area (TPSA) is 41.5 Å². The molecule has 1 fully saturated rings. The van der Waals surface area contributed by atoms with Crippen molar-refractivity contribution in [1.29, 1.82) is 0 Å². The van der Waals surface area contributed by atoms with Crippen molar-refractivity contribution in [1.82, 2.24) is 5.32 Å². The molecule has 1 aliphatic heterocycles. The molecule has 2 unspecified atom stereocenters.